The number of anilines is 2. The van der Waals surface area contributed by atoms with Crippen molar-refractivity contribution < 1.29 is 14.3 Å². The SMILES string of the molecule is CNC(C)C(=O)NC(C(=O)N1CCC2CCN(CCc3cccc(Nc4c(OC(C)C)c(=O)c4=O)c3)CC21)C1CCCCC1. The summed E-state index contributed by atoms with van der Waals surface area (Å²) in [6.07, 6.45) is 8.11. The van der Waals surface area contributed by atoms with Crippen LogP contribution in [0.15, 0.2) is 33.9 Å². The first-order valence-corrected chi connectivity index (χ1v) is 16.5. The van der Waals surface area contributed by atoms with Crippen LogP contribution in [0, 0.1) is 11.8 Å². The van der Waals surface area contributed by atoms with Crippen molar-refractivity contribution in [1.82, 2.24) is 20.4 Å². The molecule has 0 bridgehead atoms. The number of piperidine rings is 1. The lowest BCUT2D eigenvalue weighted by Gasteiger charge is -2.41. The number of likely N-dealkylation sites (N-methyl/N-ethyl adjacent to an activating group) is 1. The van der Waals surface area contributed by atoms with Gasteiger partial charge in [-0.1, -0.05) is 31.4 Å². The van der Waals surface area contributed by atoms with Gasteiger partial charge in [0.15, 0.2) is 5.75 Å². The normalized spacial score (nSPS) is 22.5. The summed E-state index contributed by atoms with van der Waals surface area (Å²) >= 11 is 0. The third-order valence-corrected chi connectivity index (χ3v) is 9.87. The van der Waals surface area contributed by atoms with E-state index in [4.69, 9.17) is 4.74 Å². The monoisotopic (exact) mass is 607 g/mol. The number of benzene rings is 1. The number of amides is 2. The van der Waals surface area contributed by atoms with Gasteiger partial charge in [0, 0.05) is 31.4 Å². The Morgan fingerprint density at radius 1 is 1.00 bits per heavy atom. The van der Waals surface area contributed by atoms with Crippen LogP contribution in [0.4, 0.5) is 11.4 Å². The highest BCUT2D eigenvalue weighted by molar-refractivity contribution is 5.90. The van der Waals surface area contributed by atoms with Crippen LogP contribution < -0.4 is 31.5 Å². The predicted molar refractivity (Wildman–Crippen MR) is 172 cm³/mol. The van der Waals surface area contributed by atoms with E-state index < -0.39 is 16.9 Å². The first-order chi connectivity index (χ1) is 21.2. The van der Waals surface area contributed by atoms with Gasteiger partial charge in [0.2, 0.25) is 11.8 Å². The molecule has 1 aliphatic carbocycles. The molecule has 10 heteroatoms. The van der Waals surface area contributed by atoms with E-state index in [2.05, 4.69) is 31.8 Å². The van der Waals surface area contributed by atoms with Crippen molar-refractivity contribution in [3.05, 3.63) is 50.3 Å². The Balaban J connectivity index is 1.21. The number of nitrogens with zero attached hydrogens (tertiary/aromatic N) is 2. The van der Waals surface area contributed by atoms with Crippen LogP contribution in [0.1, 0.15) is 71.3 Å². The van der Waals surface area contributed by atoms with Crippen molar-refractivity contribution in [2.45, 2.75) is 96.4 Å². The van der Waals surface area contributed by atoms with Crippen LogP contribution in [-0.2, 0) is 16.0 Å². The van der Waals surface area contributed by atoms with Crippen molar-refractivity contribution in [2.24, 2.45) is 11.8 Å². The molecular weight excluding hydrogens is 558 g/mol. The number of hydrogen-bond donors (Lipinski definition) is 3. The zero-order valence-corrected chi connectivity index (χ0v) is 26.7. The highest BCUT2D eigenvalue weighted by atomic mass is 16.5. The molecule has 240 valence electrons. The molecule has 2 aromatic carbocycles. The Kier molecular flexibility index (Phi) is 10.4. The maximum atomic E-state index is 14.1. The van der Waals surface area contributed by atoms with Crippen LogP contribution in [0.3, 0.4) is 0 Å². The minimum atomic E-state index is -0.583. The summed E-state index contributed by atoms with van der Waals surface area (Å²) in [4.78, 5) is 55.7. The van der Waals surface area contributed by atoms with Crippen LogP contribution in [0.25, 0.3) is 0 Å². The van der Waals surface area contributed by atoms with E-state index in [1.54, 1.807) is 7.05 Å². The van der Waals surface area contributed by atoms with E-state index in [1.807, 2.05) is 39.0 Å². The van der Waals surface area contributed by atoms with Gasteiger partial charge < -0.3 is 30.5 Å². The molecule has 10 nitrogen and oxygen atoms in total. The molecule has 0 radical (unpaired) electrons. The van der Waals surface area contributed by atoms with Gasteiger partial charge in [0.1, 0.15) is 11.7 Å². The highest BCUT2D eigenvalue weighted by Crippen LogP contribution is 2.35. The molecule has 2 saturated heterocycles. The van der Waals surface area contributed by atoms with Gasteiger partial charge in [-0.25, -0.2) is 0 Å². The Bertz CT molecular complexity index is 1380. The summed E-state index contributed by atoms with van der Waals surface area (Å²) in [6, 6.07) is 7.28. The number of nitrogens with one attached hydrogen (secondary N) is 3. The molecule has 0 spiro atoms. The van der Waals surface area contributed by atoms with Crippen LogP contribution in [0.5, 0.6) is 5.75 Å². The van der Waals surface area contributed by atoms with Gasteiger partial charge in [-0.05, 0) is 96.0 Å². The molecule has 2 heterocycles. The number of carbonyl (C=O) groups is 2. The number of fused-ring (bicyclic) bond motifs is 1. The Hall–Kier alpha value is -3.24. The third-order valence-electron chi connectivity index (χ3n) is 9.87. The fourth-order valence-electron chi connectivity index (χ4n) is 7.19. The largest absolute Gasteiger partial charge is 0.485 e. The first kappa shape index (κ1) is 32.2. The number of likely N-dealkylation sites (tertiary alicyclic amines) is 2. The summed E-state index contributed by atoms with van der Waals surface area (Å²) in [5.41, 5.74) is 0.960. The van der Waals surface area contributed by atoms with Gasteiger partial charge in [0.25, 0.3) is 10.9 Å². The average molecular weight is 608 g/mol. The second kappa shape index (κ2) is 14.2. The standard InChI is InChI=1S/C34H49N5O5/c1-21(2)44-32-29(30(40)31(32)41)36-26-12-8-9-23(19-26)13-16-38-17-14-24-15-18-39(27(24)20-38)34(43)28(25-10-6-5-7-11-25)37-33(42)22(3)35-4/h8-9,12,19,21-22,24-25,27-28,35-36H,5-7,10-11,13-18,20H2,1-4H3,(H,37,42). The minimum absolute atomic E-state index is 0.0980. The van der Waals surface area contributed by atoms with Gasteiger partial charge >= 0.3 is 0 Å². The molecule has 4 atom stereocenters. The van der Waals surface area contributed by atoms with Crippen LogP contribution >= 0.6 is 0 Å². The lowest BCUT2D eigenvalue weighted by Crippen LogP contribution is -2.58. The minimum Gasteiger partial charge on any atom is -0.485 e. The number of carbonyl (C=O) groups excluding carboxylic acids is 2. The lowest BCUT2D eigenvalue weighted by atomic mass is 9.83. The maximum Gasteiger partial charge on any atom is 0.272 e. The number of rotatable bonds is 12. The summed E-state index contributed by atoms with van der Waals surface area (Å²) < 4.78 is 5.54. The molecule has 4 unspecified atom stereocenters. The molecule has 3 fully saturated rings. The molecule has 3 aliphatic rings. The van der Waals surface area contributed by atoms with E-state index in [1.165, 1.54) is 6.42 Å². The molecule has 44 heavy (non-hydrogen) atoms. The third kappa shape index (κ3) is 7.18. The topological polar surface area (TPSA) is 120 Å². The van der Waals surface area contributed by atoms with Gasteiger partial charge in [-0.2, -0.15) is 0 Å². The Morgan fingerprint density at radius 3 is 2.48 bits per heavy atom. The van der Waals surface area contributed by atoms with Crippen molar-refractivity contribution in [3.63, 3.8) is 0 Å². The second-order valence-corrected chi connectivity index (χ2v) is 13.2. The molecule has 2 aliphatic heterocycles. The Labute approximate surface area is 260 Å². The van der Waals surface area contributed by atoms with Crippen molar-refractivity contribution in [3.8, 4) is 5.75 Å². The Morgan fingerprint density at radius 2 is 1.75 bits per heavy atom. The van der Waals surface area contributed by atoms with Crippen LogP contribution in [-0.4, -0.2) is 79.1 Å². The lowest BCUT2D eigenvalue weighted by molar-refractivity contribution is -0.140. The molecule has 3 N–H and O–H groups in total. The number of hydrogen-bond acceptors (Lipinski definition) is 8. The molecule has 1 saturated carbocycles. The fraction of sp³-hybridized carbons (Fsp3) is 0.647. The zero-order chi connectivity index (χ0) is 31.4. The second-order valence-electron chi connectivity index (χ2n) is 13.2. The van der Waals surface area contributed by atoms with E-state index in [0.717, 1.165) is 82.4 Å². The zero-order valence-electron chi connectivity index (χ0n) is 26.7. The molecular formula is C34H49N5O5. The van der Waals surface area contributed by atoms with Crippen LogP contribution in [0.2, 0.25) is 0 Å². The fourth-order valence-corrected chi connectivity index (χ4v) is 7.19. The molecule has 5 rings (SSSR count). The first-order valence-electron chi connectivity index (χ1n) is 16.5. The summed E-state index contributed by atoms with van der Waals surface area (Å²) in [6.45, 7) is 8.94. The number of ether oxygens (including phenoxy) is 1. The summed E-state index contributed by atoms with van der Waals surface area (Å²) in [5, 5.41) is 9.25. The summed E-state index contributed by atoms with van der Waals surface area (Å²) in [7, 11) is 1.77. The molecule has 2 amide bonds. The molecule has 0 aromatic heterocycles. The maximum absolute atomic E-state index is 14.1. The van der Waals surface area contributed by atoms with E-state index in [9.17, 15) is 19.2 Å². The highest BCUT2D eigenvalue weighted by Gasteiger charge is 2.44. The summed E-state index contributed by atoms with van der Waals surface area (Å²) in [5.74, 6) is 0.792. The van der Waals surface area contributed by atoms with Gasteiger partial charge in [-0.15, -0.1) is 0 Å². The van der Waals surface area contributed by atoms with Gasteiger partial charge in [0.05, 0.1) is 12.1 Å². The molecule has 2 aromatic rings. The van der Waals surface area contributed by atoms with Gasteiger partial charge in [-0.3, -0.25) is 19.2 Å². The van der Waals surface area contributed by atoms with E-state index >= 15 is 0 Å². The predicted octanol–water partition coefficient (Wildman–Crippen LogP) is 2.95. The van der Waals surface area contributed by atoms with Crippen molar-refractivity contribution in [1.29, 1.82) is 0 Å². The van der Waals surface area contributed by atoms with E-state index in [0.29, 0.717) is 5.92 Å². The van der Waals surface area contributed by atoms with Crippen molar-refractivity contribution >= 4 is 23.2 Å². The van der Waals surface area contributed by atoms with E-state index in [-0.39, 0.29) is 47.4 Å². The average Bonchev–Trinajstić information content (AvgIpc) is 3.47. The smallest absolute Gasteiger partial charge is 0.272 e. The quantitative estimate of drug-likeness (QED) is 0.315. The van der Waals surface area contributed by atoms with Crippen molar-refractivity contribution in [2.75, 3.05) is 38.5 Å².